The SMILES string of the molecule is C#CCSc1ncc(C(C)(C)C)s1. The zero-order chi connectivity index (χ0) is 9.90. The van der Waals surface area contributed by atoms with E-state index in [1.54, 1.807) is 23.1 Å². The van der Waals surface area contributed by atoms with Crippen LogP contribution in [0.4, 0.5) is 0 Å². The van der Waals surface area contributed by atoms with Gasteiger partial charge in [-0.3, -0.25) is 0 Å². The molecule has 1 heterocycles. The zero-order valence-corrected chi connectivity index (χ0v) is 9.76. The van der Waals surface area contributed by atoms with E-state index in [1.165, 1.54) is 4.88 Å². The fourth-order valence-corrected chi connectivity index (χ4v) is 2.50. The van der Waals surface area contributed by atoms with E-state index < -0.39 is 0 Å². The number of hydrogen-bond donors (Lipinski definition) is 0. The second kappa shape index (κ2) is 4.17. The van der Waals surface area contributed by atoms with Crippen LogP contribution in [0, 0.1) is 12.3 Å². The Morgan fingerprint density at radius 1 is 1.62 bits per heavy atom. The Balaban J connectivity index is 2.71. The molecular formula is C10H13NS2. The van der Waals surface area contributed by atoms with E-state index in [0.29, 0.717) is 5.75 Å². The molecule has 1 rings (SSSR count). The fourth-order valence-electron chi connectivity index (χ4n) is 0.775. The largest absolute Gasteiger partial charge is 0.238 e. The minimum Gasteiger partial charge on any atom is -0.238 e. The minimum atomic E-state index is 0.201. The molecule has 0 radical (unpaired) electrons. The average molecular weight is 211 g/mol. The van der Waals surface area contributed by atoms with Crippen molar-refractivity contribution in [3.63, 3.8) is 0 Å². The molecule has 0 amide bonds. The molecule has 1 aromatic heterocycles. The maximum absolute atomic E-state index is 5.17. The first-order valence-electron chi connectivity index (χ1n) is 4.06. The Labute approximate surface area is 88.0 Å². The summed E-state index contributed by atoms with van der Waals surface area (Å²) in [4.78, 5) is 5.62. The van der Waals surface area contributed by atoms with Crippen LogP contribution in [-0.4, -0.2) is 10.7 Å². The second-order valence-electron chi connectivity index (χ2n) is 3.73. The van der Waals surface area contributed by atoms with E-state index in [0.717, 1.165) is 4.34 Å². The van der Waals surface area contributed by atoms with Crippen molar-refractivity contribution in [2.75, 3.05) is 5.75 Å². The van der Waals surface area contributed by atoms with Gasteiger partial charge in [0.25, 0.3) is 0 Å². The van der Waals surface area contributed by atoms with Gasteiger partial charge in [-0.05, 0) is 5.41 Å². The van der Waals surface area contributed by atoms with Gasteiger partial charge in [0.15, 0.2) is 4.34 Å². The van der Waals surface area contributed by atoms with Gasteiger partial charge in [-0.25, -0.2) is 4.98 Å². The molecule has 13 heavy (non-hydrogen) atoms. The van der Waals surface area contributed by atoms with Gasteiger partial charge in [-0.1, -0.05) is 38.5 Å². The quantitative estimate of drug-likeness (QED) is 0.550. The third kappa shape index (κ3) is 3.06. The normalized spacial score (nSPS) is 11.2. The molecule has 1 aromatic rings. The molecule has 0 bridgehead atoms. The van der Waals surface area contributed by atoms with E-state index >= 15 is 0 Å². The maximum Gasteiger partial charge on any atom is 0.150 e. The molecule has 0 aliphatic carbocycles. The molecule has 0 unspecified atom stereocenters. The Morgan fingerprint density at radius 2 is 2.31 bits per heavy atom. The summed E-state index contributed by atoms with van der Waals surface area (Å²) in [6.07, 6.45) is 7.12. The van der Waals surface area contributed by atoms with Gasteiger partial charge in [-0.2, -0.15) is 0 Å². The van der Waals surface area contributed by atoms with Gasteiger partial charge in [-0.15, -0.1) is 17.8 Å². The Hall–Kier alpha value is -0.460. The second-order valence-corrected chi connectivity index (χ2v) is 5.99. The van der Waals surface area contributed by atoms with Crippen molar-refractivity contribution in [3.05, 3.63) is 11.1 Å². The number of rotatable bonds is 2. The summed E-state index contributed by atoms with van der Waals surface area (Å²) in [6.45, 7) is 6.57. The summed E-state index contributed by atoms with van der Waals surface area (Å²) in [5.41, 5.74) is 0.201. The van der Waals surface area contributed by atoms with Crippen molar-refractivity contribution in [2.45, 2.75) is 30.5 Å². The van der Waals surface area contributed by atoms with Gasteiger partial charge < -0.3 is 0 Å². The van der Waals surface area contributed by atoms with Crippen molar-refractivity contribution in [1.82, 2.24) is 4.98 Å². The van der Waals surface area contributed by atoms with Crippen LogP contribution in [-0.2, 0) is 5.41 Å². The maximum atomic E-state index is 5.17. The highest BCUT2D eigenvalue weighted by Gasteiger charge is 2.16. The molecule has 0 aliphatic rings. The lowest BCUT2D eigenvalue weighted by molar-refractivity contribution is 0.602. The molecule has 0 spiro atoms. The molecule has 3 heteroatoms. The van der Waals surface area contributed by atoms with Crippen LogP contribution in [0.1, 0.15) is 25.6 Å². The summed E-state index contributed by atoms with van der Waals surface area (Å²) in [7, 11) is 0. The Morgan fingerprint density at radius 3 is 2.77 bits per heavy atom. The number of thioether (sulfide) groups is 1. The molecule has 0 aromatic carbocycles. The first-order valence-corrected chi connectivity index (χ1v) is 5.87. The molecule has 1 nitrogen and oxygen atoms in total. The van der Waals surface area contributed by atoms with E-state index in [1.807, 2.05) is 6.20 Å². The van der Waals surface area contributed by atoms with E-state index in [4.69, 9.17) is 6.42 Å². The minimum absolute atomic E-state index is 0.201. The van der Waals surface area contributed by atoms with Crippen LogP contribution in [0.3, 0.4) is 0 Å². The number of hydrogen-bond acceptors (Lipinski definition) is 3. The number of thiazole rings is 1. The van der Waals surface area contributed by atoms with Crippen molar-refractivity contribution in [3.8, 4) is 12.3 Å². The van der Waals surface area contributed by atoms with E-state index in [-0.39, 0.29) is 5.41 Å². The van der Waals surface area contributed by atoms with Gasteiger partial charge in [0, 0.05) is 11.1 Å². The average Bonchev–Trinajstić information content (AvgIpc) is 2.47. The van der Waals surface area contributed by atoms with Crippen molar-refractivity contribution >= 4 is 23.1 Å². The van der Waals surface area contributed by atoms with Crippen LogP contribution in [0.5, 0.6) is 0 Å². The van der Waals surface area contributed by atoms with Gasteiger partial charge in [0.05, 0.1) is 5.75 Å². The Kier molecular flexibility index (Phi) is 3.40. The van der Waals surface area contributed by atoms with E-state index in [9.17, 15) is 0 Å². The summed E-state index contributed by atoms with van der Waals surface area (Å²) >= 11 is 3.36. The van der Waals surface area contributed by atoms with Gasteiger partial charge >= 0.3 is 0 Å². The predicted molar refractivity (Wildman–Crippen MR) is 60.4 cm³/mol. The zero-order valence-electron chi connectivity index (χ0n) is 8.13. The topological polar surface area (TPSA) is 12.9 Å². The molecule has 0 aliphatic heterocycles. The lowest BCUT2D eigenvalue weighted by Crippen LogP contribution is -2.07. The molecule has 0 saturated heterocycles. The van der Waals surface area contributed by atoms with Gasteiger partial charge in [0.1, 0.15) is 0 Å². The number of aromatic nitrogens is 1. The van der Waals surface area contributed by atoms with Crippen molar-refractivity contribution < 1.29 is 0 Å². The molecule has 70 valence electrons. The number of terminal acetylenes is 1. The first-order chi connectivity index (χ1) is 6.04. The van der Waals surface area contributed by atoms with E-state index in [2.05, 4.69) is 31.7 Å². The molecule has 0 saturated carbocycles. The number of nitrogens with zero attached hydrogens (tertiary/aromatic N) is 1. The first kappa shape index (κ1) is 10.6. The third-order valence-electron chi connectivity index (χ3n) is 1.50. The highest BCUT2D eigenvalue weighted by molar-refractivity contribution is 8.01. The summed E-state index contributed by atoms with van der Waals surface area (Å²) in [6, 6.07) is 0. The standard InChI is InChI=1S/C10H13NS2/c1-5-6-12-9-11-7-8(13-9)10(2,3)4/h1,7H,6H2,2-4H3. The summed E-state index contributed by atoms with van der Waals surface area (Å²) < 4.78 is 1.07. The molecule has 0 N–H and O–H groups in total. The van der Waals surface area contributed by atoms with Crippen molar-refractivity contribution in [1.29, 1.82) is 0 Å². The molecule has 0 fully saturated rings. The van der Waals surface area contributed by atoms with Crippen LogP contribution < -0.4 is 0 Å². The highest BCUT2D eigenvalue weighted by Crippen LogP contribution is 2.31. The van der Waals surface area contributed by atoms with Crippen LogP contribution in [0.25, 0.3) is 0 Å². The van der Waals surface area contributed by atoms with Crippen LogP contribution >= 0.6 is 23.1 Å². The summed E-state index contributed by atoms with van der Waals surface area (Å²) in [5, 5.41) is 0. The third-order valence-corrected chi connectivity index (χ3v) is 3.99. The molecular weight excluding hydrogens is 198 g/mol. The van der Waals surface area contributed by atoms with Crippen LogP contribution in [0.2, 0.25) is 0 Å². The Bertz CT molecular complexity index is 314. The lowest BCUT2D eigenvalue weighted by Gasteiger charge is -2.14. The van der Waals surface area contributed by atoms with Crippen molar-refractivity contribution in [2.24, 2.45) is 0 Å². The smallest absolute Gasteiger partial charge is 0.150 e. The monoisotopic (exact) mass is 211 g/mol. The summed E-state index contributed by atoms with van der Waals surface area (Å²) in [5.74, 6) is 3.30. The fraction of sp³-hybridized carbons (Fsp3) is 0.500. The van der Waals surface area contributed by atoms with Gasteiger partial charge in [0.2, 0.25) is 0 Å². The lowest BCUT2D eigenvalue weighted by atomic mass is 9.96. The molecule has 0 atom stereocenters. The predicted octanol–water partition coefficient (Wildman–Crippen LogP) is 3.17. The highest BCUT2D eigenvalue weighted by atomic mass is 32.2. The van der Waals surface area contributed by atoms with Crippen LogP contribution in [0.15, 0.2) is 10.5 Å².